The van der Waals surface area contributed by atoms with Gasteiger partial charge in [-0.05, 0) is 30.3 Å². The molecule has 0 aliphatic rings. The van der Waals surface area contributed by atoms with Crippen molar-refractivity contribution in [3.05, 3.63) is 47.1 Å². The molecule has 1 heterocycles. The first-order valence-corrected chi connectivity index (χ1v) is 6.43. The molecule has 0 fully saturated rings. The number of nitrogens with one attached hydrogen (secondary N) is 1. The predicted molar refractivity (Wildman–Crippen MR) is 78.3 cm³/mol. The molecular formula is C14H13ClF3N3. The molecule has 0 unspecified atom stereocenters. The highest BCUT2D eigenvalue weighted by Crippen LogP contribution is 2.32. The Balaban J connectivity index is 2.31. The number of benzene rings is 1. The molecule has 0 aliphatic heterocycles. The van der Waals surface area contributed by atoms with Gasteiger partial charge >= 0.3 is 6.18 Å². The summed E-state index contributed by atoms with van der Waals surface area (Å²) in [6.07, 6.45) is -4.46. The third kappa shape index (κ3) is 4.01. The van der Waals surface area contributed by atoms with Gasteiger partial charge in [-0.15, -0.1) is 0 Å². The normalized spacial score (nSPS) is 11.3. The molecule has 0 bridgehead atoms. The molecule has 1 N–H and O–H groups in total. The molecule has 0 spiro atoms. The molecule has 3 nitrogen and oxygen atoms in total. The van der Waals surface area contributed by atoms with Crippen LogP contribution in [0.15, 0.2) is 36.4 Å². The fraction of sp³-hybridized carbons (Fsp3) is 0.214. The molecule has 0 aliphatic carbocycles. The summed E-state index contributed by atoms with van der Waals surface area (Å²) >= 11 is 5.64. The summed E-state index contributed by atoms with van der Waals surface area (Å²) in [6.45, 7) is 0. The SMILES string of the molecule is CN(C)c1cccc(Nc2cc(C(F)(F)F)cc(Cl)n2)c1. The molecule has 0 atom stereocenters. The molecule has 2 aromatic rings. The number of nitrogens with zero attached hydrogens (tertiary/aromatic N) is 2. The number of aromatic nitrogens is 1. The van der Waals surface area contributed by atoms with Crippen LogP contribution in [0.5, 0.6) is 0 Å². The predicted octanol–water partition coefficient (Wildman–Crippen LogP) is 4.56. The number of alkyl halides is 3. The van der Waals surface area contributed by atoms with Gasteiger partial charge in [0.15, 0.2) is 0 Å². The maximum atomic E-state index is 12.7. The molecule has 0 saturated carbocycles. The lowest BCUT2D eigenvalue weighted by atomic mass is 10.2. The minimum Gasteiger partial charge on any atom is -0.378 e. The Hall–Kier alpha value is -1.95. The zero-order valence-electron chi connectivity index (χ0n) is 11.4. The Morgan fingerprint density at radius 1 is 1.14 bits per heavy atom. The van der Waals surface area contributed by atoms with Crippen LogP contribution in [0.1, 0.15) is 5.56 Å². The lowest BCUT2D eigenvalue weighted by Gasteiger charge is -2.15. The topological polar surface area (TPSA) is 28.2 Å². The van der Waals surface area contributed by atoms with Crippen LogP contribution in [-0.4, -0.2) is 19.1 Å². The van der Waals surface area contributed by atoms with Crippen LogP contribution < -0.4 is 10.2 Å². The second-order valence-electron chi connectivity index (χ2n) is 4.63. The second-order valence-corrected chi connectivity index (χ2v) is 5.02. The van der Waals surface area contributed by atoms with Crippen molar-refractivity contribution in [2.24, 2.45) is 0 Å². The summed E-state index contributed by atoms with van der Waals surface area (Å²) < 4.78 is 38.2. The van der Waals surface area contributed by atoms with Crippen LogP contribution in [-0.2, 0) is 6.18 Å². The Labute approximate surface area is 125 Å². The van der Waals surface area contributed by atoms with Gasteiger partial charge in [0.1, 0.15) is 11.0 Å². The van der Waals surface area contributed by atoms with Gasteiger partial charge in [0.05, 0.1) is 5.56 Å². The average molecular weight is 316 g/mol. The summed E-state index contributed by atoms with van der Waals surface area (Å²) in [7, 11) is 3.75. The maximum Gasteiger partial charge on any atom is 0.416 e. The van der Waals surface area contributed by atoms with Gasteiger partial charge in [-0.1, -0.05) is 17.7 Å². The molecule has 0 radical (unpaired) electrons. The van der Waals surface area contributed by atoms with Crippen molar-refractivity contribution in [1.29, 1.82) is 0 Å². The minimum absolute atomic E-state index is 0.0470. The highest BCUT2D eigenvalue weighted by molar-refractivity contribution is 6.29. The van der Waals surface area contributed by atoms with Gasteiger partial charge in [0, 0.05) is 25.5 Å². The molecule has 1 aromatic heterocycles. The fourth-order valence-electron chi connectivity index (χ4n) is 1.73. The highest BCUT2D eigenvalue weighted by atomic mass is 35.5. The van der Waals surface area contributed by atoms with Gasteiger partial charge < -0.3 is 10.2 Å². The summed E-state index contributed by atoms with van der Waals surface area (Å²) in [5.74, 6) is 0.0470. The van der Waals surface area contributed by atoms with Crippen molar-refractivity contribution < 1.29 is 13.2 Å². The quantitative estimate of drug-likeness (QED) is 0.841. The summed E-state index contributed by atoms with van der Waals surface area (Å²) in [5.41, 5.74) is 0.705. The van der Waals surface area contributed by atoms with E-state index in [-0.39, 0.29) is 11.0 Å². The van der Waals surface area contributed by atoms with E-state index in [1.807, 2.05) is 25.1 Å². The van der Waals surface area contributed by atoms with Gasteiger partial charge in [-0.2, -0.15) is 13.2 Å². The van der Waals surface area contributed by atoms with E-state index in [0.717, 1.165) is 17.8 Å². The van der Waals surface area contributed by atoms with E-state index in [9.17, 15) is 13.2 Å². The Kier molecular flexibility index (Phi) is 4.27. The van der Waals surface area contributed by atoms with Gasteiger partial charge in [0.25, 0.3) is 0 Å². The first-order chi connectivity index (χ1) is 9.75. The smallest absolute Gasteiger partial charge is 0.378 e. The molecule has 0 amide bonds. The number of halogens is 4. The van der Waals surface area contributed by atoms with E-state index in [4.69, 9.17) is 11.6 Å². The van der Waals surface area contributed by atoms with Gasteiger partial charge in [0.2, 0.25) is 0 Å². The Bertz CT molecular complexity index is 642. The van der Waals surface area contributed by atoms with Crippen LogP contribution in [0, 0.1) is 0 Å². The lowest BCUT2D eigenvalue weighted by Crippen LogP contribution is -2.09. The fourth-order valence-corrected chi connectivity index (χ4v) is 1.94. The van der Waals surface area contributed by atoms with E-state index >= 15 is 0 Å². The van der Waals surface area contributed by atoms with E-state index < -0.39 is 11.7 Å². The first-order valence-electron chi connectivity index (χ1n) is 6.05. The van der Waals surface area contributed by atoms with E-state index in [0.29, 0.717) is 5.69 Å². The van der Waals surface area contributed by atoms with Crippen LogP contribution in [0.3, 0.4) is 0 Å². The van der Waals surface area contributed by atoms with Crippen molar-refractivity contribution in [1.82, 2.24) is 4.98 Å². The molecule has 1 aromatic carbocycles. The number of hydrogen-bond donors (Lipinski definition) is 1. The number of rotatable bonds is 3. The molecule has 2 rings (SSSR count). The highest BCUT2D eigenvalue weighted by Gasteiger charge is 2.31. The minimum atomic E-state index is -4.46. The largest absolute Gasteiger partial charge is 0.416 e. The Morgan fingerprint density at radius 2 is 1.86 bits per heavy atom. The summed E-state index contributed by atoms with van der Waals surface area (Å²) in [5, 5.41) is 2.62. The van der Waals surface area contributed by atoms with Gasteiger partial charge in [-0.25, -0.2) is 4.98 Å². The maximum absolute atomic E-state index is 12.7. The third-order valence-electron chi connectivity index (χ3n) is 2.76. The summed E-state index contributed by atoms with van der Waals surface area (Å²) in [6, 6.07) is 8.94. The van der Waals surface area contributed by atoms with Crippen molar-refractivity contribution in [2.45, 2.75) is 6.18 Å². The van der Waals surface area contributed by atoms with Crippen molar-refractivity contribution in [3.63, 3.8) is 0 Å². The Morgan fingerprint density at radius 3 is 2.48 bits per heavy atom. The van der Waals surface area contributed by atoms with E-state index in [2.05, 4.69) is 10.3 Å². The average Bonchev–Trinajstić information content (AvgIpc) is 2.37. The van der Waals surface area contributed by atoms with E-state index in [1.54, 1.807) is 18.2 Å². The molecule has 0 saturated heterocycles. The van der Waals surface area contributed by atoms with Crippen LogP contribution >= 0.6 is 11.6 Å². The van der Waals surface area contributed by atoms with Crippen LogP contribution in [0.4, 0.5) is 30.4 Å². The van der Waals surface area contributed by atoms with Crippen molar-refractivity contribution >= 4 is 28.8 Å². The zero-order valence-corrected chi connectivity index (χ0v) is 12.1. The lowest BCUT2D eigenvalue weighted by molar-refractivity contribution is -0.137. The second kappa shape index (κ2) is 5.81. The zero-order chi connectivity index (χ0) is 15.6. The van der Waals surface area contributed by atoms with Gasteiger partial charge in [-0.3, -0.25) is 0 Å². The van der Waals surface area contributed by atoms with Crippen molar-refractivity contribution in [3.8, 4) is 0 Å². The molecule has 21 heavy (non-hydrogen) atoms. The first kappa shape index (κ1) is 15.4. The van der Waals surface area contributed by atoms with E-state index in [1.165, 1.54) is 0 Å². The van der Waals surface area contributed by atoms with Crippen LogP contribution in [0.25, 0.3) is 0 Å². The molecular weight excluding hydrogens is 303 g/mol. The number of pyridine rings is 1. The molecule has 112 valence electrons. The number of hydrogen-bond acceptors (Lipinski definition) is 3. The van der Waals surface area contributed by atoms with Crippen LogP contribution in [0.2, 0.25) is 5.15 Å². The summed E-state index contributed by atoms with van der Waals surface area (Å²) in [4.78, 5) is 5.74. The standard InChI is InChI=1S/C14H13ClF3N3/c1-21(2)11-5-3-4-10(8-11)19-13-7-9(14(16,17)18)6-12(15)20-13/h3-8H,1-2H3,(H,19,20). The number of anilines is 3. The van der Waals surface area contributed by atoms with Crippen molar-refractivity contribution in [2.75, 3.05) is 24.3 Å². The third-order valence-corrected chi connectivity index (χ3v) is 2.95. The molecule has 7 heteroatoms. The monoisotopic (exact) mass is 315 g/mol.